The van der Waals surface area contributed by atoms with E-state index >= 15 is 0 Å². The Morgan fingerprint density at radius 2 is 2.10 bits per heavy atom. The molecular weight excluding hydrogens is 254 g/mol. The van der Waals surface area contributed by atoms with E-state index in [2.05, 4.69) is 24.2 Å². The second-order valence-corrected chi connectivity index (χ2v) is 4.74. The molecule has 0 spiro atoms. The summed E-state index contributed by atoms with van der Waals surface area (Å²) in [6.07, 6.45) is 1.06. The number of amides is 1. The Hall–Kier alpha value is -1.85. The second-order valence-electron chi connectivity index (χ2n) is 4.74. The highest BCUT2D eigenvalue weighted by molar-refractivity contribution is 6.07. The van der Waals surface area contributed by atoms with Gasteiger partial charge in [-0.1, -0.05) is 32.0 Å². The SMILES string of the molecule is CCCN(CC)Cc1oc2ccccc2c1C(=O)NN. The molecule has 0 atom stereocenters. The van der Waals surface area contributed by atoms with Gasteiger partial charge in [0.05, 0.1) is 12.1 Å². The Morgan fingerprint density at radius 3 is 2.75 bits per heavy atom. The number of carbonyl (C=O) groups excluding carboxylic acids is 1. The molecule has 5 heteroatoms. The van der Waals surface area contributed by atoms with E-state index in [4.69, 9.17) is 10.3 Å². The van der Waals surface area contributed by atoms with Gasteiger partial charge >= 0.3 is 0 Å². The Bertz CT molecular complexity index is 592. The molecule has 1 aromatic carbocycles. The number of hydrogen-bond acceptors (Lipinski definition) is 4. The predicted octanol–water partition coefficient (Wildman–Crippen LogP) is 2.27. The molecule has 108 valence electrons. The highest BCUT2D eigenvalue weighted by atomic mass is 16.3. The topological polar surface area (TPSA) is 71.5 Å². The van der Waals surface area contributed by atoms with Crippen LogP contribution < -0.4 is 11.3 Å². The molecule has 5 nitrogen and oxygen atoms in total. The van der Waals surface area contributed by atoms with Gasteiger partial charge in [0.25, 0.3) is 5.91 Å². The number of furan rings is 1. The van der Waals surface area contributed by atoms with Crippen LogP contribution >= 0.6 is 0 Å². The molecule has 2 rings (SSSR count). The van der Waals surface area contributed by atoms with Crippen molar-refractivity contribution in [3.63, 3.8) is 0 Å². The molecule has 0 saturated heterocycles. The van der Waals surface area contributed by atoms with E-state index in [1.165, 1.54) is 0 Å². The number of nitrogens with one attached hydrogen (secondary N) is 1. The van der Waals surface area contributed by atoms with Gasteiger partial charge in [0.1, 0.15) is 11.3 Å². The van der Waals surface area contributed by atoms with Gasteiger partial charge in [-0.25, -0.2) is 5.84 Å². The predicted molar refractivity (Wildman–Crippen MR) is 79.1 cm³/mol. The molecule has 0 unspecified atom stereocenters. The molecule has 0 aliphatic rings. The van der Waals surface area contributed by atoms with Crippen LogP contribution in [0.15, 0.2) is 28.7 Å². The monoisotopic (exact) mass is 275 g/mol. The summed E-state index contributed by atoms with van der Waals surface area (Å²) in [5.74, 6) is 5.65. The normalized spacial score (nSPS) is 11.2. The quantitative estimate of drug-likeness (QED) is 0.482. The fourth-order valence-corrected chi connectivity index (χ4v) is 2.40. The summed E-state index contributed by atoms with van der Waals surface area (Å²) in [4.78, 5) is 14.3. The molecule has 1 amide bonds. The average Bonchev–Trinajstić information content (AvgIpc) is 2.83. The maximum absolute atomic E-state index is 12.0. The number of rotatable bonds is 6. The highest BCUT2D eigenvalue weighted by Crippen LogP contribution is 2.26. The number of benzene rings is 1. The molecular formula is C15H21N3O2. The molecule has 0 radical (unpaired) electrons. The van der Waals surface area contributed by atoms with Crippen LogP contribution in [0.3, 0.4) is 0 Å². The fraction of sp³-hybridized carbons (Fsp3) is 0.400. The lowest BCUT2D eigenvalue weighted by Crippen LogP contribution is -2.31. The van der Waals surface area contributed by atoms with Gasteiger partial charge in [-0.05, 0) is 25.6 Å². The lowest BCUT2D eigenvalue weighted by molar-refractivity contribution is 0.0951. The molecule has 1 heterocycles. The molecule has 0 saturated carbocycles. The lowest BCUT2D eigenvalue weighted by atomic mass is 10.1. The van der Waals surface area contributed by atoms with Crippen molar-refractivity contribution in [2.24, 2.45) is 5.84 Å². The smallest absolute Gasteiger partial charge is 0.269 e. The first-order chi connectivity index (χ1) is 9.71. The van der Waals surface area contributed by atoms with Gasteiger partial charge in [0.15, 0.2) is 0 Å². The van der Waals surface area contributed by atoms with Crippen LogP contribution in [0.2, 0.25) is 0 Å². The third-order valence-electron chi connectivity index (χ3n) is 3.38. The number of para-hydroxylation sites is 1. The number of carbonyl (C=O) groups is 1. The van der Waals surface area contributed by atoms with E-state index in [9.17, 15) is 4.79 Å². The third kappa shape index (κ3) is 2.84. The van der Waals surface area contributed by atoms with Crippen LogP contribution in [-0.2, 0) is 6.54 Å². The third-order valence-corrected chi connectivity index (χ3v) is 3.38. The molecule has 0 bridgehead atoms. The molecule has 20 heavy (non-hydrogen) atoms. The second kappa shape index (κ2) is 6.54. The van der Waals surface area contributed by atoms with Gasteiger partial charge in [0, 0.05) is 5.39 Å². The number of nitrogens with two attached hydrogens (primary N) is 1. The largest absolute Gasteiger partial charge is 0.459 e. The number of nitrogen functional groups attached to an aromatic ring is 1. The van der Waals surface area contributed by atoms with E-state index in [0.29, 0.717) is 23.5 Å². The minimum absolute atomic E-state index is 0.308. The van der Waals surface area contributed by atoms with Crippen LogP contribution in [-0.4, -0.2) is 23.9 Å². The maximum atomic E-state index is 12.0. The van der Waals surface area contributed by atoms with Crippen LogP contribution in [0.5, 0.6) is 0 Å². The highest BCUT2D eigenvalue weighted by Gasteiger charge is 2.21. The van der Waals surface area contributed by atoms with E-state index in [-0.39, 0.29) is 5.91 Å². The fourth-order valence-electron chi connectivity index (χ4n) is 2.40. The summed E-state index contributed by atoms with van der Waals surface area (Å²) < 4.78 is 5.84. The molecule has 1 aromatic heterocycles. The van der Waals surface area contributed by atoms with Crippen molar-refractivity contribution in [2.75, 3.05) is 13.1 Å². The van der Waals surface area contributed by atoms with Crippen molar-refractivity contribution >= 4 is 16.9 Å². The van der Waals surface area contributed by atoms with Gasteiger partial charge in [-0.2, -0.15) is 0 Å². The number of hydrogen-bond donors (Lipinski definition) is 2. The van der Waals surface area contributed by atoms with E-state index < -0.39 is 0 Å². The van der Waals surface area contributed by atoms with Crippen molar-refractivity contribution in [3.05, 3.63) is 35.6 Å². The Balaban J connectivity index is 2.43. The molecule has 2 aromatic rings. The summed E-state index contributed by atoms with van der Waals surface area (Å²) in [6.45, 7) is 6.73. The maximum Gasteiger partial charge on any atom is 0.269 e. The zero-order valence-corrected chi connectivity index (χ0v) is 12.0. The minimum atomic E-state index is -0.308. The van der Waals surface area contributed by atoms with Gasteiger partial charge in [-0.3, -0.25) is 15.1 Å². The van der Waals surface area contributed by atoms with Gasteiger partial charge in [-0.15, -0.1) is 0 Å². The van der Waals surface area contributed by atoms with Crippen LogP contribution in [0.1, 0.15) is 36.4 Å². The summed E-state index contributed by atoms with van der Waals surface area (Å²) in [6, 6.07) is 7.52. The van der Waals surface area contributed by atoms with Crippen molar-refractivity contribution in [2.45, 2.75) is 26.8 Å². The van der Waals surface area contributed by atoms with Crippen molar-refractivity contribution in [1.29, 1.82) is 0 Å². The van der Waals surface area contributed by atoms with Gasteiger partial charge in [0.2, 0.25) is 0 Å². The number of fused-ring (bicyclic) bond motifs is 1. The lowest BCUT2D eigenvalue weighted by Gasteiger charge is -2.18. The zero-order valence-electron chi connectivity index (χ0n) is 12.0. The Morgan fingerprint density at radius 1 is 1.35 bits per heavy atom. The molecule has 0 fully saturated rings. The summed E-state index contributed by atoms with van der Waals surface area (Å²) >= 11 is 0. The zero-order chi connectivity index (χ0) is 14.5. The molecule has 3 N–H and O–H groups in total. The van der Waals surface area contributed by atoms with Crippen LogP contribution in [0, 0.1) is 0 Å². The van der Waals surface area contributed by atoms with Crippen molar-refractivity contribution in [3.8, 4) is 0 Å². The Kier molecular flexibility index (Phi) is 4.76. The summed E-state index contributed by atoms with van der Waals surface area (Å²) in [5, 5.41) is 0.804. The first kappa shape index (κ1) is 14.6. The van der Waals surface area contributed by atoms with Crippen molar-refractivity contribution < 1.29 is 9.21 Å². The standard InChI is InChI=1S/C15H21N3O2/c1-3-9-18(4-2)10-13-14(15(19)17-16)11-7-5-6-8-12(11)20-13/h5-8H,3-4,9-10,16H2,1-2H3,(H,17,19). The summed E-state index contributed by atoms with van der Waals surface area (Å²) in [5.41, 5.74) is 3.46. The molecule has 0 aliphatic carbocycles. The minimum Gasteiger partial charge on any atom is -0.459 e. The number of nitrogens with zero attached hydrogens (tertiary/aromatic N) is 1. The van der Waals surface area contributed by atoms with Crippen molar-refractivity contribution in [1.82, 2.24) is 10.3 Å². The van der Waals surface area contributed by atoms with Crippen LogP contribution in [0.25, 0.3) is 11.0 Å². The first-order valence-electron chi connectivity index (χ1n) is 6.94. The van der Waals surface area contributed by atoms with E-state index in [0.717, 1.165) is 24.9 Å². The average molecular weight is 275 g/mol. The van der Waals surface area contributed by atoms with Gasteiger partial charge < -0.3 is 4.42 Å². The van der Waals surface area contributed by atoms with Crippen LogP contribution in [0.4, 0.5) is 0 Å². The Labute approximate surface area is 118 Å². The number of hydrazine groups is 1. The molecule has 0 aliphatic heterocycles. The van der Waals surface area contributed by atoms with E-state index in [1.807, 2.05) is 24.3 Å². The van der Waals surface area contributed by atoms with E-state index in [1.54, 1.807) is 0 Å². The first-order valence-corrected chi connectivity index (χ1v) is 6.94. The summed E-state index contributed by atoms with van der Waals surface area (Å²) in [7, 11) is 0.